The Hall–Kier alpha value is -1.29. The van der Waals surface area contributed by atoms with Crippen LogP contribution in [0.15, 0.2) is 6.33 Å². The monoisotopic (exact) mass is 459 g/mol. The molecule has 156 valence electrons. The highest BCUT2D eigenvalue weighted by atomic mass is 32.1. The predicted octanol–water partition coefficient (Wildman–Crippen LogP) is -1.08. The van der Waals surface area contributed by atoms with Gasteiger partial charge >= 0.3 is 15.6 Å². The number of aliphatic hydroxyl groups excluding tert-OH is 2. The van der Waals surface area contributed by atoms with E-state index in [1.165, 1.54) is 10.9 Å². The second kappa shape index (κ2) is 7.51. The number of imidazole rings is 1. The molecule has 1 aliphatic rings. The van der Waals surface area contributed by atoms with E-state index in [4.69, 9.17) is 32.5 Å². The van der Waals surface area contributed by atoms with Gasteiger partial charge in [0, 0.05) is 0 Å². The molecule has 2 aromatic rings. The number of hydrogen-bond acceptors (Lipinski definition) is 11. The van der Waals surface area contributed by atoms with Crippen LogP contribution >= 0.6 is 27.9 Å². The standard InChI is InChI=1S/C10H15N5O10P2S/c11-10-13-7-4(8(28)14-10)12-2-15(7)9-6(17)5(16)3(24-9)1-23-27(21,22)25-26(18,19)20/h2-3,5-6,9,16-17H,1H2,(H,21,22)(H2,18,19,20)(H3,11,13,14,28)/t3-,5?,6+,9-/m1/s1. The highest BCUT2D eigenvalue weighted by Gasteiger charge is 2.45. The van der Waals surface area contributed by atoms with Crippen LogP contribution in [0.2, 0.25) is 0 Å². The lowest BCUT2D eigenvalue weighted by Crippen LogP contribution is -2.33. The number of nitrogen functional groups attached to an aromatic ring is 1. The van der Waals surface area contributed by atoms with E-state index in [1.807, 2.05) is 0 Å². The molecule has 8 N–H and O–H groups in total. The van der Waals surface area contributed by atoms with Gasteiger partial charge in [0.1, 0.15) is 29.5 Å². The summed E-state index contributed by atoms with van der Waals surface area (Å²) in [5.74, 6) is -0.0250. The summed E-state index contributed by atoms with van der Waals surface area (Å²) in [6.45, 7) is -0.825. The molecule has 3 rings (SSSR count). The van der Waals surface area contributed by atoms with Gasteiger partial charge in [-0.3, -0.25) is 9.09 Å². The molecule has 18 heteroatoms. The first-order valence-corrected chi connectivity index (χ1v) is 10.8. The largest absolute Gasteiger partial charge is 0.481 e. The molecular formula is C10H15N5O10P2S. The molecular weight excluding hydrogens is 444 g/mol. The van der Waals surface area contributed by atoms with E-state index < -0.39 is 46.8 Å². The topological polar surface area (TPSA) is 235 Å². The molecule has 2 unspecified atom stereocenters. The Morgan fingerprint density at radius 3 is 2.64 bits per heavy atom. The van der Waals surface area contributed by atoms with E-state index in [0.717, 1.165) is 0 Å². The zero-order chi connectivity index (χ0) is 20.9. The summed E-state index contributed by atoms with van der Waals surface area (Å²) in [6, 6.07) is 0. The van der Waals surface area contributed by atoms with E-state index in [2.05, 4.69) is 23.8 Å². The average molecular weight is 459 g/mol. The van der Waals surface area contributed by atoms with E-state index >= 15 is 0 Å². The average Bonchev–Trinajstić information content (AvgIpc) is 3.06. The SMILES string of the molecule is Nc1nc(=S)c2ncn([C@@H]3O[C@H](COP(=O)(O)OP(=O)(O)O)C(O)[C@@H]3O)c2[nH]1. The molecule has 0 aromatic carbocycles. The molecule has 0 saturated carbocycles. The zero-order valence-corrected chi connectivity index (χ0v) is 16.2. The van der Waals surface area contributed by atoms with Gasteiger partial charge in [-0.15, -0.1) is 0 Å². The van der Waals surface area contributed by atoms with Gasteiger partial charge in [0.05, 0.1) is 12.9 Å². The van der Waals surface area contributed by atoms with Crippen molar-refractivity contribution in [3.05, 3.63) is 11.0 Å². The summed E-state index contributed by atoms with van der Waals surface area (Å²) in [4.78, 5) is 37.0. The number of anilines is 1. The van der Waals surface area contributed by atoms with Crippen LogP contribution in [0.3, 0.4) is 0 Å². The molecule has 1 saturated heterocycles. The summed E-state index contributed by atoms with van der Waals surface area (Å²) in [6.07, 6.45) is -4.43. The summed E-state index contributed by atoms with van der Waals surface area (Å²) in [7, 11) is -10.4. The normalized spacial score (nSPS) is 27.9. The molecule has 0 spiro atoms. The molecule has 1 fully saturated rings. The van der Waals surface area contributed by atoms with Crippen molar-refractivity contribution in [2.45, 2.75) is 24.5 Å². The first-order chi connectivity index (χ1) is 12.9. The van der Waals surface area contributed by atoms with E-state index in [9.17, 15) is 24.2 Å². The molecule has 5 atom stereocenters. The smallest absolute Gasteiger partial charge is 0.387 e. The van der Waals surface area contributed by atoms with Crippen molar-refractivity contribution in [1.82, 2.24) is 19.5 Å². The third-order valence-corrected chi connectivity index (χ3v) is 6.12. The fourth-order valence-corrected chi connectivity index (χ4v) is 4.42. The summed E-state index contributed by atoms with van der Waals surface area (Å²) in [5.41, 5.74) is 6.10. The van der Waals surface area contributed by atoms with E-state index in [1.54, 1.807) is 0 Å². The maximum absolute atomic E-state index is 11.5. The fourth-order valence-electron chi connectivity index (χ4n) is 2.57. The van der Waals surface area contributed by atoms with Crippen LogP contribution in [0.25, 0.3) is 11.2 Å². The number of rotatable bonds is 6. The fraction of sp³-hybridized carbons (Fsp3) is 0.500. The Bertz CT molecular complexity index is 1040. The third-order valence-electron chi connectivity index (χ3n) is 3.69. The lowest BCUT2D eigenvalue weighted by Gasteiger charge is -2.17. The minimum absolute atomic E-state index is 0.0250. The number of nitrogens with zero attached hydrogens (tertiary/aromatic N) is 3. The minimum Gasteiger partial charge on any atom is -0.387 e. The first-order valence-electron chi connectivity index (χ1n) is 7.36. The number of nitrogens with two attached hydrogens (primary N) is 1. The first kappa shape index (κ1) is 21.4. The Morgan fingerprint density at radius 1 is 1.32 bits per heavy atom. The van der Waals surface area contributed by atoms with Crippen molar-refractivity contribution in [2.75, 3.05) is 12.3 Å². The zero-order valence-electron chi connectivity index (χ0n) is 13.6. The molecule has 0 aliphatic carbocycles. The quantitative estimate of drug-likeness (QED) is 0.201. The Balaban J connectivity index is 1.79. The van der Waals surface area contributed by atoms with Gasteiger partial charge < -0.3 is 40.3 Å². The number of nitrogens with one attached hydrogen (secondary N) is 1. The second-order valence-corrected chi connectivity index (χ2v) is 8.88. The number of aliphatic hydroxyl groups is 2. The van der Waals surface area contributed by atoms with Crippen molar-refractivity contribution in [2.24, 2.45) is 0 Å². The van der Waals surface area contributed by atoms with Crippen LogP contribution in [0.4, 0.5) is 5.95 Å². The Kier molecular flexibility index (Phi) is 5.75. The Morgan fingerprint density at radius 2 is 2.00 bits per heavy atom. The van der Waals surface area contributed by atoms with Crippen LogP contribution in [0, 0.1) is 4.64 Å². The van der Waals surface area contributed by atoms with Crippen LogP contribution < -0.4 is 5.73 Å². The molecule has 15 nitrogen and oxygen atoms in total. The number of aromatic nitrogens is 4. The molecule has 0 radical (unpaired) electrons. The number of phosphoric ester groups is 1. The molecule has 0 amide bonds. The van der Waals surface area contributed by atoms with Crippen molar-refractivity contribution in [3.8, 4) is 0 Å². The molecule has 3 heterocycles. The summed E-state index contributed by atoms with van der Waals surface area (Å²) < 4.78 is 37.0. The molecule has 0 bridgehead atoms. The maximum Gasteiger partial charge on any atom is 0.481 e. The van der Waals surface area contributed by atoms with Gasteiger partial charge in [0.15, 0.2) is 16.8 Å². The van der Waals surface area contributed by atoms with E-state index in [-0.39, 0.29) is 21.8 Å². The number of ether oxygens (including phenoxy) is 1. The highest BCUT2D eigenvalue weighted by Crippen LogP contribution is 2.57. The molecule has 2 aromatic heterocycles. The summed E-state index contributed by atoms with van der Waals surface area (Å²) >= 11 is 5.03. The van der Waals surface area contributed by atoms with Gasteiger partial charge in [-0.25, -0.2) is 19.1 Å². The highest BCUT2D eigenvalue weighted by molar-refractivity contribution is 7.71. The van der Waals surface area contributed by atoms with Gasteiger partial charge in [0.2, 0.25) is 0 Å². The second-order valence-electron chi connectivity index (χ2n) is 5.66. The lowest BCUT2D eigenvalue weighted by molar-refractivity contribution is -0.0503. The maximum atomic E-state index is 11.5. The molecule has 1 aliphatic heterocycles. The summed E-state index contributed by atoms with van der Waals surface area (Å²) in [5, 5.41) is 20.4. The third kappa shape index (κ3) is 4.48. The Labute approximate surface area is 160 Å². The van der Waals surface area contributed by atoms with Crippen molar-refractivity contribution in [1.29, 1.82) is 0 Å². The van der Waals surface area contributed by atoms with Gasteiger partial charge in [0.25, 0.3) is 0 Å². The number of hydrogen-bond donors (Lipinski definition) is 7. The molecule has 28 heavy (non-hydrogen) atoms. The number of aromatic amines is 1. The van der Waals surface area contributed by atoms with E-state index in [0.29, 0.717) is 0 Å². The number of phosphoric acid groups is 2. The van der Waals surface area contributed by atoms with Crippen LogP contribution in [-0.2, 0) is 22.7 Å². The number of H-pyrrole nitrogens is 1. The van der Waals surface area contributed by atoms with Crippen molar-refractivity contribution in [3.63, 3.8) is 0 Å². The predicted molar refractivity (Wildman–Crippen MR) is 92.0 cm³/mol. The van der Waals surface area contributed by atoms with Gasteiger partial charge in [-0.2, -0.15) is 4.31 Å². The van der Waals surface area contributed by atoms with Gasteiger partial charge in [-0.1, -0.05) is 12.2 Å². The minimum atomic E-state index is -5.30. The number of fused-ring (bicyclic) bond motifs is 1. The van der Waals surface area contributed by atoms with Crippen molar-refractivity contribution >= 4 is 45.0 Å². The van der Waals surface area contributed by atoms with Crippen LogP contribution in [-0.4, -0.2) is 69.3 Å². The van der Waals surface area contributed by atoms with Crippen LogP contribution in [0.1, 0.15) is 6.23 Å². The lowest BCUT2D eigenvalue weighted by atomic mass is 10.1. The van der Waals surface area contributed by atoms with Crippen molar-refractivity contribution < 1.29 is 47.6 Å². The van der Waals surface area contributed by atoms with Crippen LogP contribution in [0.5, 0.6) is 0 Å². The van der Waals surface area contributed by atoms with Gasteiger partial charge in [-0.05, 0) is 0 Å².